The number of carbonyl (C=O) groups is 1. The van der Waals surface area contributed by atoms with E-state index >= 15 is 0 Å². The Balaban J connectivity index is 3.76. The van der Waals surface area contributed by atoms with E-state index in [4.69, 9.17) is 0 Å². The minimum absolute atomic E-state index is 0.157. The lowest BCUT2D eigenvalue weighted by Crippen LogP contribution is -2.44. The number of alkyl halides is 4. The summed E-state index contributed by atoms with van der Waals surface area (Å²) >= 11 is 0. The summed E-state index contributed by atoms with van der Waals surface area (Å²) < 4.78 is 47.7. The molecule has 7 heteroatoms. The topological polar surface area (TPSA) is 41.1 Å². The summed E-state index contributed by atoms with van der Waals surface area (Å²) in [6.45, 7) is 0.727. The van der Waals surface area contributed by atoms with Gasteiger partial charge in [-0.3, -0.25) is 4.79 Å². The van der Waals surface area contributed by atoms with E-state index in [1.54, 1.807) is 12.2 Å². The molecule has 1 amide bonds. The fourth-order valence-electron chi connectivity index (χ4n) is 0.595. The summed E-state index contributed by atoms with van der Waals surface area (Å²) in [6.07, 6.45) is -3.76. The summed E-state index contributed by atoms with van der Waals surface area (Å²) in [5, 5.41) is 4.28. The molecule has 84 valence electrons. The van der Waals surface area contributed by atoms with E-state index in [2.05, 4.69) is 5.32 Å². The summed E-state index contributed by atoms with van der Waals surface area (Å²) in [4.78, 5) is 10.7. The summed E-state index contributed by atoms with van der Waals surface area (Å²) in [7, 11) is 0. The number of rotatable bonds is 6. The number of halogens is 4. The first-order chi connectivity index (χ1) is 6.40. The number of nitrogens with one attached hydrogen (secondary N) is 2. The Hall–Kier alpha value is -0.850. The summed E-state index contributed by atoms with van der Waals surface area (Å²) in [6, 6.07) is 0. The van der Waals surface area contributed by atoms with Crippen LogP contribution in [0.4, 0.5) is 17.6 Å². The highest BCUT2D eigenvalue weighted by Crippen LogP contribution is 2.21. The predicted molar refractivity (Wildman–Crippen MR) is 42.5 cm³/mol. The maximum Gasteiger partial charge on any atom is 0.324 e. The van der Waals surface area contributed by atoms with Crippen molar-refractivity contribution in [3.05, 3.63) is 0 Å². The monoisotopic (exact) mass is 216 g/mol. The second-order valence-electron chi connectivity index (χ2n) is 2.62. The molecule has 0 aliphatic carbocycles. The van der Waals surface area contributed by atoms with E-state index in [1.165, 1.54) is 0 Å². The second-order valence-corrected chi connectivity index (χ2v) is 2.62. The van der Waals surface area contributed by atoms with Gasteiger partial charge >= 0.3 is 12.3 Å². The Kier molecular flexibility index (Phi) is 5.44. The Morgan fingerprint density at radius 3 is 2.43 bits per heavy atom. The van der Waals surface area contributed by atoms with Gasteiger partial charge in [-0.05, 0) is 6.54 Å². The van der Waals surface area contributed by atoms with Crippen molar-refractivity contribution in [1.82, 2.24) is 10.6 Å². The molecule has 0 rings (SSSR count). The van der Waals surface area contributed by atoms with Crippen LogP contribution < -0.4 is 10.6 Å². The molecule has 3 nitrogen and oxygen atoms in total. The third-order valence-electron chi connectivity index (χ3n) is 1.38. The lowest BCUT2D eigenvalue weighted by Gasteiger charge is -2.15. The lowest BCUT2D eigenvalue weighted by atomic mass is 10.3. The first kappa shape index (κ1) is 13.2. The van der Waals surface area contributed by atoms with E-state index in [1.807, 2.05) is 0 Å². The van der Waals surface area contributed by atoms with Crippen molar-refractivity contribution in [3.8, 4) is 0 Å². The largest absolute Gasteiger partial charge is 0.349 e. The van der Waals surface area contributed by atoms with Crippen LogP contribution >= 0.6 is 0 Å². The van der Waals surface area contributed by atoms with Crippen molar-refractivity contribution >= 4 is 5.91 Å². The Morgan fingerprint density at radius 1 is 1.43 bits per heavy atom. The van der Waals surface area contributed by atoms with Gasteiger partial charge in [0.25, 0.3) is 0 Å². The maximum absolute atomic E-state index is 12.2. The zero-order valence-electron chi connectivity index (χ0n) is 7.62. The molecule has 0 atom stereocenters. The van der Waals surface area contributed by atoms with E-state index < -0.39 is 24.8 Å². The molecule has 0 heterocycles. The second kappa shape index (κ2) is 5.79. The van der Waals surface area contributed by atoms with Crippen LogP contribution in [-0.4, -0.2) is 37.9 Å². The van der Waals surface area contributed by atoms with Crippen LogP contribution in [0.25, 0.3) is 0 Å². The van der Waals surface area contributed by atoms with E-state index in [9.17, 15) is 22.4 Å². The zero-order valence-corrected chi connectivity index (χ0v) is 7.62. The van der Waals surface area contributed by atoms with Gasteiger partial charge in [0.1, 0.15) is 0 Å². The number of likely N-dealkylation sites (N-methyl/N-ethyl adjacent to an activating group) is 1. The van der Waals surface area contributed by atoms with Gasteiger partial charge in [0, 0.05) is 0 Å². The average molecular weight is 216 g/mol. The van der Waals surface area contributed by atoms with Crippen molar-refractivity contribution in [2.75, 3.05) is 19.6 Å². The molecule has 0 aromatic heterocycles. The van der Waals surface area contributed by atoms with E-state index in [0.29, 0.717) is 6.54 Å². The van der Waals surface area contributed by atoms with E-state index in [0.717, 1.165) is 0 Å². The van der Waals surface area contributed by atoms with Crippen LogP contribution in [0.1, 0.15) is 6.92 Å². The highest BCUT2D eigenvalue weighted by atomic mass is 19.3. The van der Waals surface area contributed by atoms with Gasteiger partial charge in [-0.1, -0.05) is 6.92 Å². The molecule has 0 saturated carbocycles. The van der Waals surface area contributed by atoms with Crippen LogP contribution in [0, 0.1) is 0 Å². The minimum atomic E-state index is -4.16. The fraction of sp³-hybridized carbons (Fsp3) is 0.857. The average Bonchev–Trinajstić information content (AvgIpc) is 2.11. The van der Waals surface area contributed by atoms with Gasteiger partial charge in [-0.25, -0.2) is 8.78 Å². The van der Waals surface area contributed by atoms with Gasteiger partial charge in [0.15, 0.2) is 0 Å². The SMILES string of the molecule is CCNCC(=O)NCC(F)(F)C(F)F. The highest BCUT2D eigenvalue weighted by molar-refractivity contribution is 5.78. The van der Waals surface area contributed by atoms with Gasteiger partial charge in [0.2, 0.25) is 5.91 Å². The zero-order chi connectivity index (χ0) is 11.2. The summed E-state index contributed by atoms with van der Waals surface area (Å²) in [5.74, 6) is -4.89. The molecular weight excluding hydrogens is 204 g/mol. The smallest absolute Gasteiger partial charge is 0.324 e. The van der Waals surface area contributed by atoms with Gasteiger partial charge in [-0.15, -0.1) is 0 Å². The quantitative estimate of drug-likeness (QED) is 0.639. The van der Waals surface area contributed by atoms with Crippen LogP contribution in [0.3, 0.4) is 0 Å². The van der Waals surface area contributed by atoms with Gasteiger partial charge < -0.3 is 10.6 Å². The molecule has 0 unspecified atom stereocenters. The molecule has 0 aromatic rings. The lowest BCUT2D eigenvalue weighted by molar-refractivity contribution is -0.135. The molecule has 0 bridgehead atoms. The van der Waals surface area contributed by atoms with Crippen molar-refractivity contribution < 1.29 is 22.4 Å². The third kappa shape index (κ3) is 5.00. The van der Waals surface area contributed by atoms with Crippen molar-refractivity contribution in [2.45, 2.75) is 19.3 Å². The molecule has 0 radical (unpaired) electrons. The van der Waals surface area contributed by atoms with Crippen LogP contribution in [0.2, 0.25) is 0 Å². The number of hydrogen-bond acceptors (Lipinski definition) is 2. The molecule has 0 fully saturated rings. The van der Waals surface area contributed by atoms with E-state index in [-0.39, 0.29) is 6.54 Å². The molecule has 0 spiro atoms. The normalized spacial score (nSPS) is 11.9. The van der Waals surface area contributed by atoms with Gasteiger partial charge in [-0.2, -0.15) is 8.78 Å². The molecule has 0 aliphatic rings. The third-order valence-corrected chi connectivity index (χ3v) is 1.38. The van der Waals surface area contributed by atoms with Crippen LogP contribution in [-0.2, 0) is 4.79 Å². The molecular formula is C7H12F4N2O. The standard InChI is InChI=1S/C7H12F4N2O/c1-2-12-3-5(14)13-4-7(10,11)6(8)9/h6,12H,2-4H2,1H3,(H,13,14). The van der Waals surface area contributed by atoms with Crippen LogP contribution in [0.5, 0.6) is 0 Å². The number of hydrogen-bond donors (Lipinski definition) is 2. The van der Waals surface area contributed by atoms with Gasteiger partial charge in [0.05, 0.1) is 13.1 Å². The number of amides is 1. The van der Waals surface area contributed by atoms with Crippen molar-refractivity contribution in [3.63, 3.8) is 0 Å². The fourth-order valence-corrected chi connectivity index (χ4v) is 0.595. The molecule has 14 heavy (non-hydrogen) atoms. The first-order valence-corrected chi connectivity index (χ1v) is 4.03. The summed E-state index contributed by atoms with van der Waals surface area (Å²) in [5.41, 5.74) is 0. The Morgan fingerprint density at radius 2 is 2.00 bits per heavy atom. The molecule has 0 aromatic carbocycles. The molecule has 0 aliphatic heterocycles. The Bertz CT molecular complexity index is 187. The van der Waals surface area contributed by atoms with Crippen LogP contribution in [0.15, 0.2) is 0 Å². The minimum Gasteiger partial charge on any atom is -0.349 e. The maximum atomic E-state index is 12.2. The predicted octanol–water partition coefficient (Wildman–Crippen LogP) is 0.612. The molecule has 2 N–H and O–H groups in total. The van der Waals surface area contributed by atoms with Crippen molar-refractivity contribution in [2.24, 2.45) is 0 Å². The Labute approximate surface area is 78.9 Å². The first-order valence-electron chi connectivity index (χ1n) is 4.03. The molecule has 0 saturated heterocycles. The number of carbonyl (C=O) groups excluding carboxylic acids is 1. The van der Waals surface area contributed by atoms with Crippen molar-refractivity contribution in [1.29, 1.82) is 0 Å². The highest BCUT2D eigenvalue weighted by Gasteiger charge is 2.40.